The third kappa shape index (κ3) is 3.34. The molecule has 0 saturated heterocycles. The van der Waals surface area contributed by atoms with Crippen LogP contribution in [0.25, 0.3) is 0 Å². The predicted molar refractivity (Wildman–Crippen MR) is 88.1 cm³/mol. The highest BCUT2D eigenvalue weighted by molar-refractivity contribution is 7.11. The molecule has 0 bridgehead atoms. The second-order valence-electron chi connectivity index (χ2n) is 5.78. The Kier molecular flexibility index (Phi) is 4.56. The van der Waals surface area contributed by atoms with Gasteiger partial charge >= 0.3 is 0 Å². The summed E-state index contributed by atoms with van der Waals surface area (Å²) in [6.45, 7) is 2.70. The number of methoxy groups -OCH3 is 1. The van der Waals surface area contributed by atoms with Gasteiger partial charge in [0.15, 0.2) is 5.69 Å². The van der Waals surface area contributed by atoms with Crippen molar-refractivity contribution in [3.63, 3.8) is 0 Å². The second-order valence-corrected chi connectivity index (χ2v) is 7.06. The van der Waals surface area contributed by atoms with Gasteiger partial charge in [0, 0.05) is 30.5 Å². The van der Waals surface area contributed by atoms with Crippen molar-refractivity contribution in [1.82, 2.24) is 20.1 Å². The lowest BCUT2D eigenvalue weighted by Crippen LogP contribution is -2.33. The topological polar surface area (TPSA) is 68.2 Å². The van der Waals surface area contributed by atoms with Crippen molar-refractivity contribution in [1.29, 1.82) is 0 Å². The highest BCUT2D eigenvalue weighted by atomic mass is 32.1. The number of likely N-dealkylation sites (N-methyl/N-ethyl adjacent to an activating group) is 1. The summed E-state index contributed by atoms with van der Waals surface area (Å²) in [6.07, 6.45) is 3.34. The molecular weight excluding hydrogens is 312 g/mol. The number of aromatic nitrogens is 3. The number of hydrogen-bond acceptors (Lipinski definition) is 6. The fourth-order valence-electron chi connectivity index (χ4n) is 2.96. The standard InChI is InChI=1S/C16H20N4O2S/c1-10-17-15-11(5-4-6-13(15)23-10)9-20(2)16(21)12-7-8-14(22-3)19-18-12/h7-8,11H,4-6,9H2,1-3H3. The van der Waals surface area contributed by atoms with E-state index in [4.69, 9.17) is 4.74 Å². The lowest BCUT2D eigenvalue weighted by molar-refractivity contribution is 0.0775. The smallest absolute Gasteiger partial charge is 0.274 e. The van der Waals surface area contributed by atoms with Gasteiger partial charge in [-0.25, -0.2) is 4.98 Å². The average Bonchev–Trinajstić information content (AvgIpc) is 2.95. The van der Waals surface area contributed by atoms with Crippen LogP contribution in [0.1, 0.15) is 44.8 Å². The Hall–Kier alpha value is -2.02. The number of thiazole rings is 1. The summed E-state index contributed by atoms with van der Waals surface area (Å²) in [4.78, 5) is 20.3. The number of carbonyl (C=O) groups excluding carboxylic acids is 1. The number of nitrogens with zero attached hydrogens (tertiary/aromatic N) is 4. The molecule has 1 aliphatic rings. The van der Waals surface area contributed by atoms with Gasteiger partial charge in [-0.05, 0) is 32.3 Å². The maximum absolute atomic E-state index is 12.5. The Balaban J connectivity index is 1.71. The van der Waals surface area contributed by atoms with Gasteiger partial charge in [-0.15, -0.1) is 21.5 Å². The number of fused-ring (bicyclic) bond motifs is 1. The van der Waals surface area contributed by atoms with Crippen LogP contribution in [0.4, 0.5) is 0 Å². The molecule has 0 aromatic carbocycles. The first kappa shape index (κ1) is 15.9. The molecule has 3 rings (SSSR count). The number of carbonyl (C=O) groups is 1. The van der Waals surface area contributed by atoms with Crippen molar-refractivity contribution in [2.45, 2.75) is 32.1 Å². The summed E-state index contributed by atoms with van der Waals surface area (Å²) < 4.78 is 4.97. The van der Waals surface area contributed by atoms with Crippen LogP contribution in [0.5, 0.6) is 5.88 Å². The van der Waals surface area contributed by atoms with Crippen LogP contribution in [0, 0.1) is 6.92 Å². The summed E-state index contributed by atoms with van der Waals surface area (Å²) >= 11 is 1.78. The highest BCUT2D eigenvalue weighted by Gasteiger charge is 2.27. The molecule has 23 heavy (non-hydrogen) atoms. The van der Waals surface area contributed by atoms with Gasteiger partial charge in [0.2, 0.25) is 5.88 Å². The molecule has 1 atom stereocenters. The number of rotatable bonds is 4. The molecule has 7 heteroatoms. The van der Waals surface area contributed by atoms with E-state index in [1.54, 1.807) is 28.4 Å². The molecule has 2 aromatic rings. The molecule has 122 valence electrons. The van der Waals surface area contributed by atoms with Crippen LogP contribution >= 0.6 is 11.3 Å². The van der Waals surface area contributed by atoms with Crippen molar-refractivity contribution >= 4 is 17.2 Å². The molecule has 1 amide bonds. The van der Waals surface area contributed by atoms with Crippen molar-refractivity contribution < 1.29 is 9.53 Å². The number of hydrogen-bond donors (Lipinski definition) is 0. The first-order chi connectivity index (χ1) is 11.1. The minimum Gasteiger partial charge on any atom is -0.480 e. The van der Waals surface area contributed by atoms with E-state index in [9.17, 15) is 4.79 Å². The minimum atomic E-state index is -0.126. The zero-order valence-electron chi connectivity index (χ0n) is 13.6. The maximum atomic E-state index is 12.5. The monoisotopic (exact) mass is 332 g/mol. The van der Waals surface area contributed by atoms with Gasteiger partial charge in [0.1, 0.15) is 0 Å². The van der Waals surface area contributed by atoms with E-state index in [1.165, 1.54) is 17.7 Å². The summed E-state index contributed by atoms with van der Waals surface area (Å²) in [5, 5.41) is 8.90. The molecule has 0 saturated carbocycles. The van der Waals surface area contributed by atoms with Crippen LogP contribution in [-0.2, 0) is 6.42 Å². The third-order valence-corrected chi connectivity index (χ3v) is 5.13. The summed E-state index contributed by atoms with van der Waals surface area (Å²) in [7, 11) is 3.33. The predicted octanol–water partition coefficient (Wildman–Crippen LogP) is 2.44. The fourth-order valence-corrected chi connectivity index (χ4v) is 4.02. The normalized spacial score (nSPS) is 16.7. The Morgan fingerprint density at radius 2 is 2.26 bits per heavy atom. The van der Waals surface area contributed by atoms with E-state index >= 15 is 0 Å². The third-order valence-electron chi connectivity index (χ3n) is 4.09. The van der Waals surface area contributed by atoms with Crippen molar-refractivity contribution in [2.75, 3.05) is 20.7 Å². The first-order valence-corrected chi connectivity index (χ1v) is 8.49. The number of aryl methyl sites for hydroxylation is 2. The lowest BCUT2D eigenvalue weighted by Gasteiger charge is -2.26. The Labute approximate surface area is 139 Å². The molecule has 0 N–H and O–H groups in total. The van der Waals surface area contributed by atoms with Gasteiger partial charge in [0.25, 0.3) is 5.91 Å². The quantitative estimate of drug-likeness (QED) is 0.860. The van der Waals surface area contributed by atoms with Crippen molar-refractivity contribution in [3.05, 3.63) is 33.4 Å². The van der Waals surface area contributed by atoms with Crippen LogP contribution in [0.15, 0.2) is 12.1 Å². The second kappa shape index (κ2) is 6.62. The molecule has 1 unspecified atom stereocenters. The van der Waals surface area contributed by atoms with E-state index in [1.807, 2.05) is 14.0 Å². The van der Waals surface area contributed by atoms with Gasteiger partial charge in [-0.1, -0.05) is 0 Å². The van der Waals surface area contributed by atoms with E-state index in [0.717, 1.165) is 24.3 Å². The summed E-state index contributed by atoms with van der Waals surface area (Å²) in [5.74, 6) is 0.585. The zero-order chi connectivity index (χ0) is 16.4. The molecule has 0 spiro atoms. The molecule has 1 aliphatic carbocycles. The van der Waals surface area contributed by atoms with Crippen LogP contribution < -0.4 is 4.74 Å². The molecular formula is C16H20N4O2S. The van der Waals surface area contributed by atoms with E-state index in [2.05, 4.69) is 15.2 Å². The van der Waals surface area contributed by atoms with Crippen LogP contribution in [0.3, 0.4) is 0 Å². The number of amides is 1. The van der Waals surface area contributed by atoms with Gasteiger partial charge in [-0.2, -0.15) is 0 Å². The van der Waals surface area contributed by atoms with Crippen LogP contribution in [0.2, 0.25) is 0 Å². The summed E-state index contributed by atoms with van der Waals surface area (Å²) in [5.41, 5.74) is 1.51. The number of ether oxygens (including phenoxy) is 1. The Bertz CT molecular complexity index is 699. The van der Waals surface area contributed by atoms with E-state index in [0.29, 0.717) is 24.0 Å². The molecule has 0 aliphatic heterocycles. The largest absolute Gasteiger partial charge is 0.480 e. The summed E-state index contributed by atoms with van der Waals surface area (Å²) in [6, 6.07) is 3.29. The SMILES string of the molecule is COc1ccc(C(=O)N(C)CC2CCCc3sc(C)nc32)nn1. The molecule has 2 aromatic heterocycles. The van der Waals surface area contributed by atoms with Crippen molar-refractivity contribution in [3.8, 4) is 5.88 Å². The molecule has 2 heterocycles. The first-order valence-electron chi connectivity index (χ1n) is 7.68. The van der Waals surface area contributed by atoms with E-state index in [-0.39, 0.29) is 5.91 Å². The molecule has 0 fully saturated rings. The molecule has 0 radical (unpaired) electrons. The van der Waals surface area contributed by atoms with Crippen molar-refractivity contribution in [2.24, 2.45) is 0 Å². The maximum Gasteiger partial charge on any atom is 0.274 e. The van der Waals surface area contributed by atoms with Crippen LogP contribution in [-0.4, -0.2) is 46.7 Å². The Morgan fingerprint density at radius 3 is 2.96 bits per heavy atom. The Morgan fingerprint density at radius 1 is 1.43 bits per heavy atom. The van der Waals surface area contributed by atoms with Gasteiger partial charge < -0.3 is 9.64 Å². The lowest BCUT2D eigenvalue weighted by atomic mass is 9.90. The zero-order valence-corrected chi connectivity index (χ0v) is 14.4. The molecule has 6 nitrogen and oxygen atoms in total. The van der Waals surface area contributed by atoms with Gasteiger partial charge in [-0.3, -0.25) is 4.79 Å². The average molecular weight is 332 g/mol. The fraction of sp³-hybridized carbons (Fsp3) is 0.500. The van der Waals surface area contributed by atoms with Gasteiger partial charge in [0.05, 0.1) is 17.8 Å². The van der Waals surface area contributed by atoms with E-state index < -0.39 is 0 Å². The highest BCUT2D eigenvalue weighted by Crippen LogP contribution is 2.35. The minimum absolute atomic E-state index is 0.126.